The first kappa shape index (κ1) is 16.0. The molecular weight excluding hydrogens is 250 g/mol. The van der Waals surface area contributed by atoms with Crippen LogP contribution >= 0.6 is 0 Å². The first-order valence-corrected chi connectivity index (χ1v) is 6.72. The predicted octanol–water partition coefficient (Wildman–Crippen LogP) is 2.69. The van der Waals surface area contributed by atoms with Gasteiger partial charge in [-0.15, -0.1) is 0 Å². The number of hydrogen-bond donors (Lipinski definition) is 2. The van der Waals surface area contributed by atoms with Gasteiger partial charge in [0.1, 0.15) is 5.84 Å². The molecule has 0 saturated heterocycles. The van der Waals surface area contributed by atoms with Gasteiger partial charge in [-0.2, -0.15) is 0 Å². The zero-order chi connectivity index (χ0) is 15.0. The zero-order valence-corrected chi connectivity index (χ0v) is 12.7. The molecule has 0 saturated carbocycles. The predicted molar refractivity (Wildman–Crippen MR) is 85.4 cm³/mol. The summed E-state index contributed by atoms with van der Waals surface area (Å²) in [5.74, 6) is 0.885. The number of rotatable bonds is 6. The number of aliphatic imine (C=N–C) groups is 1. The highest BCUT2D eigenvalue weighted by atomic mass is 16.1. The average Bonchev–Trinajstić information content (AvgIpc) is 2.45. The van der Waals surface area contributed by atoms with E-state index in [1.54, 1.807) is 7.05 Å². The molecule has 0 spiro atoms. The van der Waals surface area contributed by atoms with Gasteiger partial charge < -0.3 is 10.6 Å². The van der Waals surface area contributed by atoms with Crippen LogP contribution in [-0.4, -0.2) is 26.3 Å². The fourth-order valence-corrected chi connectivity index (χ4v) is 1.98. The highest BCUT2D eigenvalue weighted by molar-refractivity contribution is 5.93. The van der Waals surface area contributed by atoms with E-state index in [0.29, 0.717) is 6.41 Å². The van der Waals surface area contributed by atoms with Gasteiger partial charge in [0, 0.05) is 19.8 Å². The lowest BCUT2D eigenvalue weighted by Gasteiger charge is -2.09. The van der Waals surface area contributed by atoms with Crippen LogP contribution in [0.15, 0.2) is 34.8 Å². The van der Waals surface area contributed by atoms with Crippen molar-refractivity contribution in [3.8, 4) is 0 Å². The molecule has 0 fully saturated rings. The van der Waals surface area contributed by atoms with Crippen molar-refractivity contribution in [2.75, 3.05) is 19.4 Å². The minimum absolute atomic E-state index is 0.705. The second kappa shape index (κ2) is 8.15. The summed E-state index contributed by atoms with van der Waals surface area (Å²) >= 11 is 0. The fraction of sp³-hybridized carbons (Fsp3) is 0.375. The molecule has 20 heavy (non-hydrogen) atoms. The summed E-state index contributed by atoms with van der Waals surface area (Å²) in [7, 11) is 3.64. The Labute approximate surface area is 121 Å². The largest absolute Gasteiger partial charge is 0.373 e. The number of hydrogen-bond acceptors (Lipinski definition) is 2. The van der Waals surface area contributed by atoms with E-state index in [9.17, 15) is 4.79 Å². The van der Waals surface area contributed by atoms with Crippen LogP contribution in [0.1, 0.15) is 24.5 Å². The number of allylic oxidation sites excluding steroid dienone is 1. The molecule has 0 aliphatic heterocycles. The van der Waals surface area contributed by atoms with E-state index in [1.807, 2.05) is 25.2 Å². The monoisotopic (exact) mass is 273 g/mol. The van der Waals surface area contributed by atoms with E-state index < -0.39 is 0 Å². The van der Waals surface area contributed by atoms with Crippen molar-refractivity contribution in [3.05, 3.63) is 41.0 Å². The molecule has 1 amide bonds. The average molecular weight is 273 g/mol. The van der Waals surface area contributed by atoms with Crippen molar-refractivity contribution in [2.45, 2.75) is 26.7 Å². The summed E-state index contributed by atoms with van der Waals surface area (Å²) in [4.78, 5) is 14.6. The van der Waals surface area contributed by atoms with Crippen molar-refractivity contribution in [2.24, 2.45) is 4.99 Å². The van der Waals surface area contributed by atoms with Crippen LogP contribution in [0.25, 0.3) is 0 Å². The van der Waals surface area contributed by atoms with Crippen LogP contribution in [0.2, 0.25) is 0 Å². The zero-order valence-electron chi connectivity index (χ0n) is 12.7. The van der Waals surface area contributed by atoms with Crippen molar-refractivity contribution in [1.82, 2.24) is 5.32 Å². The van der Waals surface area contributed by atoms with Crippen molar-refractivity contribution < 1.29 is 4.79 Å². The molecule has 108 valence electrons. The van der Waals surface area contributed by atoms with Gasteiger partial charge in [-0.3, -0.25) is 9.79 Å². The number of carbonyl (C=O) groups excluding carboxylic acids is 1. The smallest absolute Gasteiger partial charge is 0.211 e. The molecule has 0 atom stereocenters. The minimum atomic E-state index is 0.705. The molecule has 1 aromatic carbocycles. The van der Waals surface area contributed by atoms with Gasteiger partial charge in [-0.05, 0) is 56.0 Å². The van der Waals surface area contributed by atoms with E-state index in [-0.39, 0.29) is 0 Å². The van der Waals surface area contributed by atoms with E-state index in [1.165, 1.54) is 16.7 Å². The van der Waals surface area contributed by atoms with Crippen LogP contribution in [0.4, 0.5) is 5.69 Å². The SMILES string of the molecule is CN=C(/C=C(\C)CCc1cc(NC=O)ccc1C)NC. The third-order valence-electron chi connectivity index (χ3n) is 3.24. The van der Waals surface area contributed by atoms with Crippen LogP contribution in [0.3, 0.4) is 0 Å². The van der Waals surface area contributed by atoms with Gasteiger partial charge in [0.25, 0.3) is 0 Å². The second-order valence-electron chi connectivity index (χ2n) is 4.75. The number of aryl methyl sites for hydroxylation is 2. The maximum Gasteiger partial charge on any atom is 0.211 e. The highest BCUT2D eigenvalue weighted by Gasteiger charge is 2.02. The standard InChI is InChI=1S/C16H23N3O/c1-12(9-16(17-3)18-4)5-7-14-10-15(19-11-20)8-6-13(14)2/h6,8-11H,5,7H2,1-4H3,(H,17,18)(H,19,20)/b12-9+. The molecule has 0 aromatic heterocycles. The third-order valence-corrected chi connectivity index (χ3v) is 3.24. The number of benzene rings is 1. The molecule has 0 heterocycles. The van der Waals surface area contributed by atoms with Gasteiger partial charge in [-0.25, -0.2) is 0 Å². The summed E-state index contributed by atoms with van der Waals surface area (Å²) in [6.45, 7) is 4.19. The van der Waals surface area contributed by atoms with Crippen LogP contribution < -0.4 is 10.6 Å². The number of amidine groups is 1. The highest BCUT2D eigenvalue weighted by Crippen LogP contribution is 2.18. The van der Waals surface area contributed by atoms with E-state index in [0.717, 1.165) is 24.4 Å². The molecule has 0 aliphatic rings. The number of likely N-dealkylation sites (N-methyl/N-ethyl adjacent to an activating group) is 1. The Morgan fingerprint density at radius 2 is 2.15 bits per heavy atom. The van der Waals surface area contributed by atoms with Crippen LogP contribution in [0, 0.1) is 6.92 Å². The molecule has 4 nitrogen and oxygen atoms in total. The lowest BCUT2D eigenvalue weighted by Crippen LogP contribution is -2.15. The summed E-state index contributed by atoms with van der Waals surface area (Å²) < 4.78 is 0. The number of anilines is 1. The first-order chi connectivity index (χ1) is 9.60. The topological polar surface area (TPSA) is 53.5 Å². The fourth-order valence-electron chi connectivity index (χ4n) is 1.98. The maximum absolute atomic E-state index is 10.5. The molecule has 0 aliphatic carbocycles. The molecule has 1 aromatic rings. The summed E-state index contributed by atoms with van der Waals surface area (Å²) in [6, 6.07) is 5.98. The Hall–Kier alpha value is -2.10. The third kappa shape index (κ3) is 4.88. The van der Waals surface area contributed by atoms with Gasteiger partial charge in [0.15, 0.2) is 0 Å². The maximum atomic E-state index is 10.5. The summed E-state index contributed by atoms with van der Waals surface area (Å²) in [6.07, 6.45) is 4.68. The second-order valence-corrected chi connectivity index (χ2v) is 4.75. The van der Waals surface area contributed by atoms with Gasteiger partial charge in [0.2, 0.25) is 6.41 Å². The Morgan fingerprint density at radius 3 is 2.75 bits per heavy atom. The first-order valence-electron chi connectivity index (χ1n) is 6.72. The summed E-state index contributed by atoms with van der Waals surface area (Å²) in [5.41, 5.74) is 4.61. The van der Waals surface area contributed by atoms with E-state index >= 15 is 0 Å². The Kier molecular flexibility index (Phi) is 6.50. The Morgan fingerprint density at radius 1 is 1.40 bits per heavy atom. The quantitative estimate of drug-likeness (QED) is 0.475. The van der Waals surface area contributed by atoms with E-state index in [4.69, 9.17) is 0 Å². The molecular formula is C16H23N3O. The molecule has 0 unspecified atom stereocenters. The minimum Gasteiger partial charge on any atom is -0.373 e. The normalized spacial score (nSPS) is 12.2. The van der Waals surface area contributed by atoms with Crippen LogP contribution in [0.5, 0.6) is 0 Å². The molecule has 1 rings (SSSR count). The molecule has 4 heteroatoms. The summed E-state index contributed by atoms with van der Waals surface area (Å²) in [5, 5.41) is 5.73. The number of amides is 1. The van der Waals surface area contributed by atoms with E-state index in [2.05, 4.69) is 35.5 Å². The number of carbonyl (C=O) groups is 1. The lowest BCUT2D eigenvalue weighted by molar-refractivity contribution is -0.105. The van der Waals surface area contributed by atoms with Crippen LogP contribution in [-0.2, 0) is 11.2 Å². The molecule has 2 N–H and O–H groups in total. The van der Waals surface area contributed by atoms with Crippen molar-refractivity contribution in [1.29, 1.82) is 0 Å². The number of nitrogens with zero attached hydrogens (tertiary/aromatic N) is 1. The van der Waals surface area contributed by atoms with Gasteiger partial charge in [0.05, 0.1) is 0 Å². The van der Waals surface area contributed by atoms with Gasteiger partial charge >= 0.3 is 0 Å². The lowest BCUT2D eigenvalue weighted by atomic mass is 10.0. The molecule has 0 radical (unpaired) electrons. The number of nitrogens with one attached hydrogen (secondary N) is 2. The Bertz CT molecular complexity index is 518. The molecule has 0 bridgehead atoms. The van der Waals surface area contributed by atoms with Gasteiger partial charge in [-0.1, -0.05) is 11.6 Å². The van der Waals surface area contributed by atoms with Crippen molar-refractivity contribution >= 4 is 17.9 Å². The Balaban J connectivity index is 2.74. The van der Waals surface area contributed by atoms with Crippen molar-refractivity contribution in [3.63, 3.8) is 0 Å².